The predicted octanol–water partition coefficient (Wildman–Crippen LogP) is 4.84. The maximum atomic E-state index is 11.8. The lowest BCUT2D eigenvalue weighted by Crippen LogP contribution is -2.33. The van der Waals surface area contributed by atoms with E-state index in [-0.39, 0.29) is 13.1 Å². The normalized spacial score (nSPS) is 10.1. The van der Waals surface area contributed by atoms with Crippen LogP contribution in [-0.2, 0) is 9.47 Å². The molecule has 2 amide bonds. The van der Waals surface area contributed by atoms with E-state index in [4.69, 9.17) is 9.47 Å². The van der Waals surface area contributed by atoms with Crippen LogP contribution in [0, 0.1) is 6.92 Å². The van der Waals surface area contributed by atoms with Crippen LogP contribution in [0.2, 0.25) is 0 Å². The highest BCUT2D eigenvalue weighted by Gasteiger charge is 2.20. The van der Waals surface area contributed by atoms with Gasteiger partial charge >= 0.3 is 12.2 Å². The van der Waals surface area contributed by atoms with E-state index in [1.807, 2.05) is 0 Å². The molecular formula is C21H30N2O6. The Kier molecular flexibility index (Phi) is 10.8. The third-order valence-corrected chi connectivity index (χ3v) is 4.28. The van der Waals surface area contributed by atoms with Crippen molar-refractivity contribution >= 4 is 23.6 Å². The van der Waals surface area contributed by atoms with Gasteiger partial charge in [-0.3, -0.25) is 9.80 Å². The van der Waals surface area contributed by atoms with Gasteiger partial charge in [0.25, 0.3) is 0 Å². The number of rotatable bonds is 14. The molecule has 0 saturated heterocycles. The molecule has 1 aromatic rings. The van der Waals surface area contributed by atoms with Gasteiger partial charge in [-0.2, -0.15) is 0 Å². The second kappa shape index (κ2) is 13.1. The number of hydrogen-bond donors (Lipinski definition) is 2. The molecule has 0 spiro atoms. The standard InChI is InChI=1S/C21H30N2O6/c1-4-28-14-8-6-12-22(20(24)25)18-11-10-17(3)19(16-18)23(21(26)27)13-7-9-15-29-5-2/h4-5,10-11,16H,1-2,6-9,12-15H2,3H3,(H,24,25)(H,26,27). The van der Waals surface area contributed by atoms with Gasteiger partial charge in [0.05, 0.1) is 31.4 Å². The van der Waals surface area contributed by atoms with Gasteiger partial charge in [0.15, 0.2) is 0 Å². The Balaban J connectivity index is 2.92. The summed E-state index contributed by atoms with van der Waals surface area (Å²) in [7, 11) is 0. The number of hydrogen-bond acceptors (Lipinski definition) is 4. The Morgan fingerprint density at radius 1 is 0.931 bits per heavy atom. The molecular weight excluding hydrogens is 376 g/mol. The number of nitrogens with zero attached hydrogens (tertiary/aromatic N) is 2. The summed E-state index contributed by atoms with van der Waals surface area (Å²) in [4.78, 5) is 26.0. The predicted molar refractivity (Wildman–Crippen MR) is 113 cm³/mol. The Morgan fingerprint density at radius 3 is 1.93 bits per heavy atom. The molecule has 0 aromatic heterocycles. The summed E-state index contributed by atoms with van der Waals surface area (Å²) in [6.07, 6.45) is 3.11. The van der Waals surface area contributed by atoms with Crippen molar-refractivity contribution in [2.45, 2.75) is 32.6 Å². The summed E-state index contributed by atoms with van der Waals surface area (Å²) >= 11 is 0. The van der Waals surface area contributed by atoms with Crippen molar-refractivity contribution in [3.63, 3.8) is 0 Å². The van der Waals surface area contributed by atoms with E-state index < -0.39 is 12.2 Å². The van der Waals surface area contributed by atoms with Gasteiger partial charge in [0.1, 0.15) is 0 Å². The molecule has 0 fully saturated rings. The maximum absolute atomic E-state index is 11.8. The number of amides is 2. The number of carbonyl (C=O) groups is 2. The first kappa shape index (κ1) is 23.9. The topological polar surface area (TPSA) is 99.5 Å². The lowest BCUT2D eigenvalue weighted by Gasteiger charge is -2.25. The Hall–Kier alpha value is -3.16. The Labute approximate surface area is 171 Å². The highest BCUT2D eigenvalue weighted by Crippen LogP contribution is 2.28. The van der Waals surface area contributed by atoms with Crippen molar-refractivity contribution in [3.8, 4) is 0 Å². The second-order valence-corrected chi connectivity index (χ2v) is 6.33. The molecule has 0 bridgehead atoms. The molecule has 1 rings (SSSR count). The molecule has 0 saturated carbocycles. The van der Waals surface area contributed by atoms with Gasteiger partial charge < -0.3 is 19.7 Å². The molecule has 0 aliphatic rings. The van der Waals surface area contributed by atoms with Crippen LogP contribution in [0.1, 0.15) is 31.2 Å². The molecule has 160 valence electrons. The highest BCUT2D eigenvalue weighted by molar-refractivity contribution is 5.91. The number of carboxylic acid groups (broad SMARTS) is 2. The van der Waals surface area contributed by atoms with Gasteiger partial charge in [0.2, 0.25) is 0 Å². The third-order valence-electron chi connectivity index (χ3n) is 4.28. The lowest BCUT2D eigenvalue weighted by atomic mass is 10.1. The zero-order valence-electron chi connectivity index (χ0n) is 16.9. The fourth-order valence-electron chi connectivity index (χ4n) is 2.79. The summed E-state index contributed by atoms with van der Waals surface area (Å²) in [5.41, 5.74) is 1.66. The van der Waals surface area contributed by atoms with Crippen molar-refractivity contribution in [2.24, 2.45) is 0 Å². The van der Waals surface area contributed by atoms with Gasteiger partial charge in [-0.15, -0.1) is 0 Å². The van der Waals surface area contributed by atoms with E-state index >= 15 is 0 Å². The number of benzene rings is 1. The molecule has 0 atom stereocenters. The SMILES string of the molecule is C=COCCCCN(C(=O)O)c1ccc(C)c(N(CCCCOC=C)C(=O)O)c1. The third kappa shape index (κ3) is 8.16. The molecule has 0 aliphatic heterocycles. The molecule has 2 N–H and O–H groups in total. The zero-order chi connectivity index (χ0) is 21.6. The van der Waals surface area contributed by atoms with Crippen LogP contribution in [0.25, 0.3) is 0 Å². The molecule has 0 unspecified atom stereocenters. The molecule has 0 heterocycles. The van der Waals surface area contributed by atoms with Gasteiger partial charge in [-0.25, -0.2) is 9.59 Å². The lowest BCUT2D eigenvalue weighted by molar-refractivity contribution is 0.200. The van der Waals surface area contributed by atoms with Crippen molar-refractivity contribution in [3.05, 3.63) is 49.4 Å². The first-order valence-electron chi connectivity index (χ1n) is 9.49. The summed E-state index contributed by atoms with van der Waals surface area (Å²) in [5.74, 6) is 0. The van der Waals surface area contributed by atoms with Gasteiger partial charge in [-0.05, 0) is 50.3 Å². The average Bonchev–Trinajstić information content (AvgIpc) is 2.68. The quantitative estimate of drug-likeness (QED) is 0.339. The zero-order valence-corrected chi connectivity index (χ0v) is 16.9. The highest BCUT2D eigenvalue weighted by atomic mass is 16.5. The largest absolute Gasteiger partial charge is 0.502 e. The van der Waals surface area contributed by atoms with E-state index in [1.165, 1.54) is 22.3 Å². The van der Waals surface area contributed by atoms with Crippen LogP contribution in [0.4, 0.5) is 21.0 Å². The first-order chi connectivity index (χ1) is 13.9. The molecule has 0 aliphatic carbocycles. The smallest absolute Gasteiger partial charge is 0.411 e. The van der Waals surface area contributed by atoms with Crippen LogP contribution < -0.4 is 9.80 Å². The van der Waals surface area contributed by atoms with Gasteiger partial charge in [-0.1, -0.05) is 19.2 Å². The van der Waals surface area contributed by atoms with Crippen LogP contribution in [-0.4, -0.2) is 48.7 Å². The number of anilines is 2. The molecule has 0 radical (unpaired) electrons. The minimum Gasteiger partial charge on any atom is -0.502 e. The molecule has 1 aromatic carbocycles. The summed E-state index contributed by atoms with van der Waals surface area (Å²) < 4.78 is 10.1. The number of unbranched alkanes of at least 4 members (excludes halogenated alkanes) is 2. The van der Waals surface area contributed by atoms with Crippen molar-refractivity contribution in [1.29, 1.82) is 0 Å². The number of ether oxygens (including phenoxy) is 2. The fourth-order valence-corrected chi connectivity index (χ4v) is 2.79. The van der Waals surface area contributed by atoms with E-state index in [2.05, 4.69) is 13.2 Å². The second-order valence-electron chi connectivity index (χ2n) is 6.33. The summed E-state index contributed by atoms with van der Waals surface area (Å²) in [6, 6.07) is 5.03. The van der Waals surface area contributed by atoms with Crippen LogP contribution in [0.15, 0.2) is 43.9 Å². The van der Waals surface area contributed by atoms with Crippen LogP contribution >= 0.6 is 0 Å². The Bertz CT molecular complexity index is 692. The molecule has 8 heteroatoms. The first-order valence-corrected chi connectivity index (χ1v) is 9.49. The van der Waals surface area contributed by atoms with E-state index in [0.29, 0.717) is 50.3 Å². The van der Waals surface area contributed by atoms with E-state index in [9.17, 15) is 19.8 Å². The average molecular weight is 406 g/mol. The minimum atomic E-state index is -1.09. The van der Waals surface area contributed by atoms with E-state index in [1.54, 1.807) is 25.1 Å². The molecule has 8 nitrogen and oxygen atoms in total. The minimum absolute atomic E-state index is 0.282. The van der Waals surface area contributed by atoms with Crippen molar-refractivity contribution in [2.75, 3.05) is 36.1 Å². The monoisotopic (exact) mass is 406 g/mol. The van der Waals surface area contributed by atoms with Gasteiger partial charge in [0, 0.05) is 18.8 Å². The van der Waals surface area contributed by atoms with Crippen molar-refractivity contribution < 1.29 is 29.3 Å². The Morgan fingerprint density at radius 2 is 1.45 bits per heavy atom. The maximum Gasteiger partial charge on any atom is 0.411 e. The van der Waals surface area contributed by atoms with E-state index in [0.717, 1.165) is 5.56 Å². The summed E-state index contributed by atoms with van der Waals surface area (Å²) in [5, 5.41) is 19.2. The van der Waals surface area contributed by atoms with Crippen LogP contribution in [0.3, 0.4) is 0 Å². The summed E-state index contributed by atoms with van der Waals surface area (Å²) in [6.45, 7) is 10.2. The van der Waals surface area contributed by atoms with Crippen molar-refractivity contribution in [1.82, 2.24) is 0 Å². The number of aryl methyl sites for hydroxylation is 1. The van der Waals surface area contributed by atoms with Crippen LogP contribution in [0.5, 0.6) is 0 Å². The fraction of sp³-hybridized carbons (Fsp3) is 0.429. The molecule has 29 heavy (non-hydrogen) atoms.